The van der Waals surface area contributed by atoms with Crippen molar-refractivity contribution in [2.45, 2.75) is 18.6 Å². The van der Waals surface area contributed by atoms with Crippen LogP contribution >= 0.6 is 46.6 Å². The monoisotopic (exact) mass is 440 g/mol. The van der Waals surface area contributed by atoms with Crippen LogP contribution in [0.4, 0.5) is 5.69 Å². The number of nitrogens with zero attached hydrogens (tertiary/aromatic N) is 3. The number of halogens is 3. The summed E-state index contributed by atoms with van der Waals surface area (Å²) in [6.07, 6.45) is 0. The minimum atomic E-state index is -0.209. The van der Waals surface area contributed by atoms with Crippen LogP contribution in [0.2, 0.25) is 15.1 Å². The van der Waals surface area contributed by atoms with Gasteiger partial charge in [-0.3, -0.25) is 4.79 Å². The van der Waals surface area contributed by atoms with Crippen LogP contribution in [-0.4, -0.2) is 26.4 Å². The number of benzene rings is 2. The first-order chi connectivity index (χ1) is 13.0. The highest BCUT2D eigenvalue weighted by Gasteiger charge is 2.15. The molecule has 1 aromatic heterocycles. The zero-order valence-electron chi connectivity index (χ0n) is 14.2. The number of hydrogen-bond acceptors (Lipinski definition) is 4. The molecule has 0 atom stereocenters. The number of nitrogens with one attached hydrogen (secondary N) is 1. The summed E-state index contributed by atoms with van der Waals surface area (Å²) in [5.74, 6) is 0.663. The van der Waals surface area contributed by atoms with Crippen molar-refractivity contribution >= 4 is 58.2 Å². The molecule has 0 saturated heterocycles. The van der Waals surface area contributed by atoms with E-state index in [2.05, 4.69) is 15.5 Å². The van der Waals surface area contributed by atoms with Crippen LogP contribution in [0.15, 0.2) is 47.6 Å². The van der Waals surface area contributed by atoms with Gasteiger partial charge in [0.2, 0.25) is 5.91 Å². The summed E-state index contributed by atoms with van der Waals surface area (Å²) < 4.78 is 1.94. The number of hydrogen-bond donors (Lipinski definition) is 1. The Labute approximate surface area is 176 Å². The molecule has 0 aliphatic carbocycles. The van der Waals surface area contributed by atoms with Gasteiger partial charge in [0.1, 0.15) is 0 Å². The van der Waals surface area contributed by atoms with Crippen molar-refractivity contribution in [3.8, 4) is 11.4 Å². The average molecular weight is 442 g/mol. The van der Waals surface area contributed by atoms with E-state index in [-0.39, 0.29) is 11.7 Å². The maximum atomic E-state index is 12.3. The summed E-state index contributed by atoms with van der Waals surface area (Å²) in [5.41, 5.74) is 1.35. The van der Waals surface area contributed by atoms with Gasteiger partial charge in [-0.1, -0.05) is 58.7 Å². The third-order valence-corrected chi connectivity index (χ3v) is 5.42. The molecule has 0 radical (unpaired) electrons. The van der Waals surface area contributed by atoms with Crippen LogP contribution in [-0.2, 0) is 11.3 Å². The van der Waals surface area contributed by atoms with E-state index in [1.807, 2.05) is 29.7 Å². The lowest BCUT2D eigenvalue weighted by Crippen LogP contribution is -2.15. The topological polar surface area (TPSA) is 59.8 Å². The number of carbonyl (C=O) groups is 1. The second-order valence-electron chi connectivity index (χ2n) is 5.52. The summed E-state index contributed by atoms with van der Waals surface area (Å²) in [6.45, 7) is 2.66. The van der Waals surface area contributed by atoms with Gasteiger partial charge in [-0.05, 0) is 37.3 Å². The highest BCUT2D eigenvalue weighted by atomic mass is 35.5. The van der Waals surface area contributed by atoms with Crippen LogP contribution in [0.25, 0.3) is 11.4 Å². The summed E-state index contributed by atoms with van der Waals surface area (Å²) in [7, 11) is 0. The summed E-state index contributed by atoms with van der Waals surface area (Å²) in [5, 5.41) is 13.4. The van der Waals surface area contributed by atoms with Gasteiger partial charge in [0, 0.05) is 22.2 Å². The zero-order valence-corrected chi connectivity index (χ0v) is 17.3. The molecule has 0 aliphatic rings. The summed E-state index contributed by atoms with van der Waals surface area (Å²) in [4.78, 5) is 12.3. The van der Waals surface area contributed by atoms with E-state index < -0.39 is 0 Å². The number of thioether (sulfide) groups is 1. The SMILES string of the molecule is CCn1c(SCC(=O)Nc2cc(Cl)ccc2Cl)nnc1-c1cccc(Cl)c1. The van der Waals surface area contributed by atoms with Crippen molar-refractivity contribution < 1.29 is 4.79 Å². The van der Waals surface area contributed by atoms with E-state index in [0.717, 1.165) is 5.56 Å². The van der Waals surface area contributed by atoms with Gasteiger partial charge in [0.25, 0.3) is 0 Å². The van der Waals surface area contributed by atoms with Crippen molar-refractivity contribution in [2.75, 3.05) is 11.1 Å². The first kappa shape index (κ1) is 20.0. The Hall–Kier alpha value is -1.73. The van der Waals surface area contributed by atoms with Crippen LogP contribution in [0, 0.1) is 0 Å². The van der Waals surface area contributed by atoms with Gasteiger partial charge in [-0.25, -0.2) is 0 Å². The molecule has 140 valence electrons. The van der Waals surface area contributed by atoms with Crippen LogP contribution in [0.1, 0.15) is 6.92 Å². The largest absolute Gasteiger partial charge is 0.324 e. The Morgan fingerprint density at radius 2 is 1.89 bits per heavy atom. The molecule has 27 heavy (non-hydrogen) atoms. The maximum Gasteiger partial charge on any atom is 0.234 e. The molecule has 1 N–H and O–H groups in total. The van der Waals surface area contributed by atoms with Gasteiger partial charge < -0.3 is 9.88 Å². The zero-order chi connectivity index (χ0) is 19.4. The third-order valence-electron chi connectivity index (χ3n) is 3.65. The van der Waals surface area contributed by atoms with Crippen molar-refractivity contribution in [3.05, 3.63) is 57.5 Å². The highest BCUT2D eigenvalue weighted by molar-refractivity contribution is 7.99. The van der Waals surface area contributed by atoms with Crippen molar-refractivity contribution in [1.29, 1.82) is 0 Å². The number of rotatable bonds is 6. The van der Waals surface area contributed by atoms with E-state index in [9.17, 15) is 4.79 Å². The molecule has 5 nitrogen and oxygen atoms in total. The van der Waals surface area contributed by atoms with E-state index in [1.54, 1.807) is 24.3 Å². The van der Waals surface area contributed by atoms with E-state index in [0.29, 0.717) is 38.3 Å². The molecular formula is C18H15Cl3N4OS. The van der Waals surface area contributed by atoms with Crippen LogP contribution in [0.5, 0.6) is 0 Å². The predicted molar refractivity (Wildman–Crippen MR) is 112 cm³/mol. The van der Waals surface area contributed by atoms with E-state index >= 15 is 0 Å². The molecule has 0 saturated carbocycles. The molecule has 3 aromatic rings. The minimum Gasteiger partial charge on any atom is -0.324 e. The molecule has 1 amide bonds. The molecule has 0 unspecified atom stereocenters. The second-order valence-corrected chi connectivity index (χ2v) is 7.74. The van der Waals surface area contributed by atoms with Crippen LogP contribution in [0.3, 0.4) is 0 Å². The molecule has 0 spiro atoms. The Balaban J connectivity index is 1.71. The Morgan fingerprint density at radius 1 is 1.11 bits per heavy atom. The van der Waals surface area contributed by atoms with Gasteiger partial charge in [0.05, 0.1) is 16.5 Å². The first-order valence-electron chi connectivity index (χ1n) is 8.04. The first-order valence-corrected chi connectivity index (χ1v) is 10.2. The molecular weight excluding hydrogens is 427 g/mol. The molecule has 3 rings (SSSR count). The molecule has 0 aliphatic heterocycles. The number of carbonyl (C=O) groups excluding carboxylic acids is 1. The van der Waals surface area contributed by atoms with Gasteiger partial charge in [0.15, 0.2) is 11.0 Å². The number of aromatic nitrogens is 3. The highest BCUT2D eigenvalue weighted by Crippen LogP contribution is 2.27. The normalized spacial score (nSPS) is 10.8. The van der Waals surface area contributed by atoms with Crippen molar-refractivity contribution in [1.82, 2.24) is 14.8 Å². The van der Waals surface area contributed by atoms with Crippen molar-refractivity contribution in [3.63, 3.8) is 0 Å². The van der Waals surface area contributed by atoms with Gasteiger partial charge >= 0.3 is 0 Å². The predicted octanol–water partition coefficient (Wildman–Crippen LogP) is 5.66. The lowest BCUT2D eigenvalue weighted by atomic mass is 10.2. The van der Waals surface area contributed by atoms with Gasteiger partial charge in [-0.15, -0.1) is 10.2 Å². The van der Waals surface area contributed by atoms with Crippen molar-refractivity contribution in [2.24, 2.45) is 0 Å². The molecule has 1 heterocycles. The molecule has 9 heteroatoms. The summed E-state index contributed by atoms with van der Waals surface area (Å²) in [6, 6.07) is 12.3. The maximum absolute atomic E-state index is 12.3. The lowest BCUT2D eigenvalue weighted by molar-refractivity contribution is -0.113. The number of anilines is 1. The minimum absolute atomic E-state index is 0.163. The smallest absolute Gasteiger partial charge is 0.234 e. The fourth-order valence-corrected chi connectivity index (χ4v) is 3.76. The fraction of sp³-hybridized carbons (Fsp3) is 0.167. The third kappa shape index (κ3) is 4.96. The molecule has 2 aromatic carbocycles. The van der Waals surface area contributed by atoms with Gasteiger partial charge in [-0.2, -0.15) is 0 Å². The quantitative estimate of drug-likeness (QED) is 0.502. The Morgan fingerprint density at radius 3 is 2.63 bits per heavy atom. The van der Waals surface area contributed by atoms with Crippen LogP contribution < -0.4 is 5.32 Å². The Bertz CT molecular complexity index is 977. The average Bonchev–Trinajstić information content (AvgIpc) is 3.06. The molecule has 0 fully saturated rings. The lowest BCUT2D eigenvalue weighted by Gasteiger charge is -2.09. The van der Waals surface area contributed by atoms with E-state index in [4.69, 9.17) is 34.8 Å². The fourth-order valence-electron chi connectivity index (χ4n) is 2.43. The van der Waals surface area contributed by atoms with E-state index in [1.165, 1.54) is 11.8 Å². The summed E-state index contributed by atoms with van der Waals surface area (Å²) >= 11 is 19.4. The standard InChI is InChI=1S/C18H15Cl3N4OS/c1-2-25-17(11-4-3-5-12(19)8-11)23-24-18(25)27-10-16(26)22-15-9-13(20)6-7-14(15)21/h3-9H,2,10H2,1H3,(H,22,26). The second kappa shape index (κ2) is 8.97. The molecule has 0 bridgehead atoms. The number of amides is 1. The Kier molecular flexibility index (Phi) is 6.65.